The lowest BCUT2D eigenvalue weighted by atomic mass is 10.1. The van der Waals surface area contributed by atoms with Gasteiger partial charge in [0, 0.05) is 12.4 Å². The Bertz CT molecular complexity index is 604. The van der Waals surface area contributed by atoms with Gasteiger partial charge in [-0.15, -0.1) is 0 Å². The van der Waals surface area contributed by atoms with E-state index >= 15 is 0 Å². The van der Waals surface area contributed by atoms with Gasteiger partial charge in [-0.3, -0.25) is 4.57 Å². The van der Waals surface area contributed by atoms with E-state index in [2.05, 4.69) is 0 Å². The third-order valence-electron chi connectivity index (χ3n) is 4.27. The summed E-state index contributed by atoms with van der Waals surface area (Å²) in [5.41, 5.74) is 0. The van der Waals surface area contributed by atoms with Crippen molar-refractivity contribution in [3.05, 3.63) is 30.3 Å². The van der Waals surface area contributed by atoms with E-state index < -0.39 is 25.5 Å². The van der Waals surface area contributed by atoms with Crippen molar-refractivity contribution in [3.63, 3.8) is 0 Å². The van der Waals surface area contributed by atoms with Crippen LogP contribution in [0, 0.1) is 0 Å². The van der Waals surface area contributed by atoms with E-state index in [0.717, 1.165) is 0 Å². The molecule has 2 heterocycles. The Kier molecular flexibility index (Phi) is 5.17. The molecule has 0 saturated carbocycles. The Balaban J connectivity index is 1.80. The highest BCUT2D eigenvalue weighted by molar-refractivity contribution is 7.67. The molecule has 2 fully saturated rings. The highest BCUT2D eigenvalue weighted by atomic mass is 31.2. The number of fused-ring (bicyclic) bond motifs is 1. The third kappa shape index (κ3) is 3.45. The van der Waals surface area contributed by atoms with Crippen molar-refractivity contribution < 1.29 is 28.0 Å². The molecule has 2 saturated heterocycles. The minimum Gasteiger partial charge on any atom is -0.376 e. The summed E-state index contributed by atoms with van der Waals surface area (Å²) in [6.07, 6.45) is -1.39. The van der Waals surface area contributed by atoms with E-state index in [0.29, 0.717) is 11.9 Å². The Morgan fingerprint density at radius 1 is 1.21 bits per heavy atom. The van der Waals surface area contributed by atoms with Crippen LogP contribution in [-0.2, 0) is 28.0 Å². The number of hydrogen-bond donors (Lipinski definition) is 0. The van der Waals surface area contributed by atoms with Crippen LogP contribution in [0.1, 0.15) is 20.8 Å². The summed E-state index contributed by atoms with van der Waals surface area (Å²) >= 11 is 0. The first kappa shape index (κ1) is 18.1. The summed E-state index contributed by atoms with van der Waals surface area (Å²) in [6, 6.07) is 9.24. The monoisotopic (exact) mass is 356 g/mol. The van der Waals surface area contributed by atoms with Crippen molar-refractivity contribution in [1.82, 2.24) is 0 Å². The van der Waals surface area contributed by atoms with Gasteiger partial charge in [-0.05, 0) is 32.9 Å². The van der Waals surface area contributed by atoms with E-state index in [1.54, 1.807) is 7.11 Å². The normalized spacial score (nSPS) is 34.0. The zero-order valence-corrected chi connectivity index (χ0v) is 15.4. The quantitative estimate of drug-likeness (QED) is 0.730. The van der Waals surface area contributed by atoms with Crippen LogP contribution in [0.5, 0.6) is 0 Å². The highest BCUT2D eigenvalue weighted by Crippen LogP contribution is 2.50. The van der Waals surface area contributed by atoms with Gasteiger partial charge in [0.05, 0.1) is 18.9 Å². The fourth-order valence-electron chi connectivity index (χ4n) is 3.31. The number of methoxy groups -OCH3 is 1. The molecule has 5 atom stereocenters. The predicted molar refractivity (Wildman–Crippen MR) is 89.7 cm³/mol. The first-order chi connectivity index (χ1) is 11.4. The molecule has 1 aromatic carbocycles. The molecule has 1 aromatic rings. The Morgan fingerprint density at radius 2 is 1.92 bits per heavy atom. The summed E-state index contributed by atoms with van der Waals surface area (Å²) < 4.78 is 42.3. The molecule has 3 rings (SSSR count). The zero-order valence-electron chi connectivity index (χ0n) is 14.5. The second-order valence-corrected chi connectivity index (χ2v) is 8.94. The topological polar surface area (TPSA) is 63.2 Å². The van der Waals surface area contributed by atoms with Crippen LogP contribution in [0.4, 0.5) is 0 Å². The van der Waals surface area contributed by atoms with Gasteiger partial charge in [-0.2, -0.15) is 0 Å². The smallest absolute Gasteiger partial charge is 0.234 e. The van der Waals surface area contributed by atoms with Crippen LogP contribution in [0.3, 0.4) is 0 Å². The SMILES string of the molecule is CCOP(=O)(C[C@H]1O[C@@H]2OC(C)(C)O[C@@H]2[C@H]1OC)c1ccccc1. The van der Waals surface area contributed by atoms with E-state index in [-0.39, 0.29) is 18.4 Å². The molecule has 0 amide bonds. The third-order valence-corrected chi connectivity index (χ3v) is 6.87. The van der Waals surface area contributed by atoms with Gasteiger partial charge in [0.25, 0.3) is 0 Å². The van der Waals surface area contributed by atoms with Crippen molar-refractivity contribution in [1.29, 1.82) is 0 Å². The molecule has 7 heteroatoms. The fraction of sp³-hybridized carbons (Fsp3) is 0.647. The maximum Gasteiger partial charge on any atom is 0.234 e. The summed E-state index contributed by atoms with van der Waals surface area (Å²) in [5, 5.41) is 0.685. The molecule has 24 heavy (non-hydrogen) atoms. The second-order valence-electron chi connectivity index (χ2n) is 6.45. The average molecular weight is 356 g/mol. The number of ether oxygens (including phenoxy) is 4. The molecule has 134 valence electrons. The molecule has 0 aliphatic carbocycles. The molecular formula is C17H25O6P. The molecule has 0 aromatic heterocycles. The Morgan fingerprint density at radius 3 is 2.54 bits per heavy atom. The standard InChI is InChI=1S/C17H25O6P/c1-5-20-24(18,12-9-7-6-8-10-12)11-13-14(19-4)15-16(21-13)23-17(2,3)22-15/h6-10,13-16H,5,11H2,1-4H3/t13-,14+,15-,16-,24?/m1/s1. The van der Waals surface area contributed by atoms with Gasteiger partial charge < -0.3 is 23.5 Å². The lowest BCUT2D eigenvalue weighted by Gasteiger charge is -2.27. The van der Waals surface area contributed by atoms with Gasteiger partial charge in [0.1, 0.15) is 12.2 Å². The molecule has 2 aliphatic heterocycles. The summed E-state index contributed by atoms with van der Waals surface area (Å²) in [5.74, 6) is -0.708. The van der Waals surface area contributed by atoms with Crippen LogP contribution in [0.15, 0.2) is 30.3 Å². The van der Waals surface area contributed by atoms with Gasteiger partial charge in [-0.1, -0.05) is 18.2 Å². The first-order valence-electron chi connectivity index (χ1n) is 8.21. The van der Waals surface area contributed by atoms with Crippen LogP contribution >= 0.6 is 7.37 Å². The minimum absolute atomic E-state index is 0.226. The summed E-state index contributed by atoms with van der Waals surface area (Å²) in [6.45, 7) is 5.88. The number of hydrogen-bond acceptors (Lipinski definition) is 6. The number of benzene rings is 1. The maximum absolute atomic E-state index is 13.4. The van der Waals surface area contributed by atoms with Gasteiger partial charge >= 0.3 is 0 Å². The molecule has 0 spiro atoms. The molecule has 0 N–H and O–H groups in total. The Labute approximate surface area is 142 Å². The van der Waals surface area contributed by atoms with E-state index in [1.807, 2.05) is 51.1 Å². The molecule has 6 nitrogen and oxygen atoms in total. The van der Waals surface area contributed by atoms with Crippen LogP contribution < -0.4 is 5.30 Å². The second kappa shape index (κ2) is 6.87. The Hall–Kier alpha value is -0.750. The molecule has 0 radical (unpaired) electrons. The van der Waals surface area contributed by atoms with Crippen molar-refractivity contribution >= 4 is 12.7 Å². The molecular weight excluding hydrogens is 331 g/mol. The van der Waals surface area contributed by atoms with Crippen molar-refractivity contribution in [2.24, 2.45) is 0 Å². The van der Waals surface area contributed by atoms with Crippen LogP contribution in [0.25, 0.3) is 0 Å². The molecule has 2 aliphatic rings. The van der Waals surface area contributed by atoms with Gasteiger partial charge in [-0.25, -0.2) is 0 Å². The molecule has 1 unspecified atom stereocenters. The van der Waals surface area contributed by atoms with Crippen LogP contribution in [-0.4, -0.2) is 50.3 Å². The van der Waals surface area contributed by atoms with Crippen LogP contribution in [0.2, 0.25) is 0 Å². The maximum atomic E-state index is 13.4. The van der Waals surface area contributed by atoms with Gasteiger partial charge in [0.15, 0.2) is 12.1 Å². The van der Waals surface area contributed by atoms with Crippen molar-refractivity contribution in [2.75, 3.05) is 19.9 Å². The highest BCUT2D eigenvalue weighted by Gasteiger charge is 2.56. The van der Waals surface area contributed by atoms with E-state index in [1.165, 1.54) is 0 Å². The van der Waals surface area contributed by atoms with Gasteiger partial charge in [0.2, 0.25) is 7.37 Å². The lowest BCUT2D eigenvalue weighted by molar-refractivity contribution is -0.213. The predicted octanol–water partition coefficient (Wildman–Crippen LogP) is 2.52. The zero-order chi connectivity index (χ0) is 17.4. The minimum atomic E-state index is -3.06. The van der Waals surface area contributed by atoms with E-state index in [4.69, 9.17) is 23.5 Å². The fourth-order valence-corrected chi connectivity index (χ4v) is 5.59. The first-order valence-corrected chi connectivity index (χ1v) is 10.0. The summed E-state index contributed by atoms with van der Waals surface area (Å²) in [7, 11) is -1.46. The van der Waals surface area contributed by atoms with Crippen molar-refractivity contribution in [2.45, 2.75) is 51.2 Å². The lowest BCUT2D eigenvalue weighted by Crippen LogP contribution is -2.38. The number of rotatable bonds is 6. The van der Waals surface area contributed by atoms with Crippen molar-refractivity contribution in [3.8, 4) is 0 Å². The van der Waals surface area contributed by atoms with E-state index in [9.17, 15) is 4.57 Å². The summed E-state index contributed by atoms with van der Waals surface area (Å²) in [4.78, 5) is 0. The molecule has 0 bridgehead atoms. The average Bonchev–Trinajstić information content (AvgIpc) is 2.99. The largest absolute Gasteiger partial charge is 0.376 e.